The second kappa shape index (κ2) is 9.82. The number of aliphatic carboxylic acids is 1. The van der Waals surface area contributed by atoms with Crippen LogP contribution in [0.1, 0.15) is 31.2 Å². The van der Waals surface area contributed by atoms with Crippen molar-refractivity contribution in [2.45, 2.75) is 49.6 Å². The Hall–Kier alpha value is -2.48. The minimum Gasteiger partial charge on any atom is -0.481 e. The van der Waals surface area contributed by atoms with E-state index >= 15 is 0 Å². The van der Waals surface area contributed by atoms with E-state index < -0.39 is 16.1 Å². The molecule has 2 fully saturated rings. The Kier molecular flexibility index (Phi) is 7.73. The maximum atomic E-state index is 12.2. The molecule has 10 heteroatoms. The summed E-state index contributed by atoms with van der Waals surface area (Å²) in [5.74, 6) is -0.863. The highest BCUT2D eigenvalue weighted by Crippen LogP contribution is 2.23. The third-order valence-corrected chi connectivity index (χ3v) is 5.85. The van der Waals surface area contributed by atoms with Gasteiger partial charge in [-0.3, -0.25) is 14.1 Å². The van der Waals surface area contributed by atoms with Gasteiger partial charge in [-0.1, -0.05) is 17.7 Å². The van der Waals surface area contributed by atoms with Gasteiger partial charge in [-0.05, 0) is 50.8 Å². The molecule has 3 atom stereocenters. The summed E-state index contributed by atoms with van der Waals surface area (Å²) in [7, 11) is -4.02. The second-order valence-electron chi connectivity index (χ2n) is 7.27. The molecule has 3 N–H and O–H groups in total. The van der Waals surface area contributed by atoms with Crippen LogP contribution >= 0.6 is 0 Å². The number of carboxylic acid groups (broad SMARTS) is 1. The molecule has 0 aliphatic carbocycles. The molecular weight excluding hydrogens is 398 g/mol. The number of likely N-dealkylation sites (tertiary alicyclic amines) is 1. The topological polar surface area (TPSA) is 148 Å². The molecule has 0 spiro atoms. The van der Waals surface area contributed by atoms with Crippen LogP contribution in [0.5, 0.6) is 0 Å². The van der Waals surface area contributed by atoms with E-state index in [4.69, 9.17) is 14.9 Å². The highest BCUT2D eigenvalue weighted by atomic mass is 32.2. The zero-order valence-corrected chi connectivity index (χ0v) is 16.9. The number of aryl methyl sites for hydroxylation is 1. The number of hydrogen-bond acceptors (Lipinski definition) is 6. The quantitative estimate of drug-likeness (QED) is 0.612. The lowest BCUT2D eigenvalue weighted by Gasteiger charge is -2.23. The predicted octanol–water partition coefficient (Wildman–Crippen LogP) is 1.20. The summed E-state index contributed by atoms with van der Waals surface area (Å²) in [6.45, 7) is 3.04. The molecule has 0 bridgehead atoms. The minimum atomic E-state index is -4.02. The zero-order valence-electron chi connectivity index (χ0n) is 16.1. The fourth-order valence-electron chi connectivity index (χ4n) is 3.47. The van der Waals surface area contributed by atoms with E-state index in [9.17, 15) is 18.0 Å². The molecule has 1 aromatic rings. The number of hydrogen-bond donors (Lipinski definition) is 3. The summed E-state index contributed by atoms with van der Waals surface area (Å²) in [5, 5.41) is 20.8. The summed E-state index contributed by atoms with van der Waals surface area (Å²) >= 11 is 0. The van der Waals surface area contributed by atoms with Gasteiger partial charge >= 0.3 is 5.97 Å². The van der Waals surface area contributed by atoms with Crippen molar-refractivity contribution < 1.29 is 27.7 Å². The molecule has 0 unspecified atom stereocenters. The number of benzene rings is 1. The number of nitriles is 1. The van der Waals surface area contributed by atoms with Gasteiger partial charge in [0.1, 0.15) is 6.04 Å². The zero-order chi connectivity index (χ0) is 21.6. The number of nitrogens with zero attached hydrogens (tertiary/aromatic N) is 2. The van der Waals surface area contributed by atoms with E-state index in [0.717, 1.165) is 18.4 Å². The monoisotopic (exact) mass is 423 g/mol. The van der Waals surface area contributed by atoms with Gasteiger partial charge in [-0.2, -0.15) is 13.7 Å². The van der Waals surface area contributed by atoms with E-state index in [-0.39, 0.29) is 35.2 Å². The summed E-state index contributed by atoms with van der Waals surface area (Å²) in [6.07, 6.45) is 2.26. The van der Waals surface area contributed by atoms with Crippen LogP contribution in [0.2, 0.25) is 0 Å². The normalized spacial score (nSPS) is 23.8. The van der Waals surface area contributed by atoms with Crippen LogP contribution in [0.15, 0.2) is 29.2 Å². The SMILES string of the molecule is Cc1ccc(S(=O)(=O)O)cc1.N#C[C@@H]1CCCN1C(=O)[C@@H]1C[C@H](CC(=O)O)CN1. The Bertz CT molecular complexity index is 878. The number of carboxylic acids is 1. The Balaban J connectivity index is 0.000000234. The molecule has 158 valence electrons. The second-order valence-corrected chi connectivity index (χ2v) is 8.69. The molecule has 3 rings (SSSR count). The molecule has 1 aromatic carbocycles. The molecule has 2 heterocycles. The highest BCUT2D eigenvalue weighted by molar-refractivity contribution is 7.85. The van der Waals surface area contributed by atoms with Crippen molar-refractivity contribution in [3.8, 4) is 6.07 Å². The Morgan fingerprint density at radius 3 is 2.52 bits per heavy atom. The van der Waals surface area contributed by atoms with Gasteiger partial charge in [0.05, 0.1) is 17.0 Å². The van der Waals surface area contributed by atoms with Gasteiger partial charge in [0.15, 0.2) is 0 Å². The summed E-state index contributed by atoms with van der Waals surface area (Å²) in [5.41, 5.74) is 0.956. The van der Waals surface area contributed by atoms with Crippen molar-refractivity contribution in [1.82, 2.24) is 10.2 Å². The first-order valence-corrected chi connectivity index (χ1v) is 10.7. The molecule has 0 radical (unpaired) electrons. The largest absolute Gasteiger partial charge is 0.481 e. The number of rotatable bonds is 4. The Morgan fingerprint density at radius 2 is 1.97 bits per heavy atom. The lowest BCUT2D eigenvalue weighted by atomic mass is 10.0. The first-order valence-electron chi connectivity index (χ1n) is 9.31. The van der Waals surface area contributed by atoms with Gasteiger partial charge in [-0.25, -0.2) is 0 Å². The van der Waals surface area contributed by atoms with Gasteiger partial charge in [0.2, 0.25) is 5.91 Å². The van der Waals surface area contributed by atoms with Crippen molar-refractivity contribution in [3.63, 3.8) is 0 Å². The van der Waals surface area contributed by atoms with Crippen LogP contribution in [0, 0.1) is 24.2 Å². The molecular formula is C19H25N3O6S. The van der Waals surface area contributed by atoms with Crippen LogP contribution < -0.4 is 5.32 Å². The smallest absolute Gasteiger partial charge is 0.303 e. The molecule has 9 nitrogen and oxygen atoms in total. The standard InChI is InChI=1S/C12H17N3O3.C7H8O3S/c13-6-9-2-1-3-15(9)12(18)10-4-8(7-14-10)5-11(16)17;1-6-2-4-7(5-3-6)11(8,9)10/h8-10,14H,1-5,7H2,(H,16,17);2-5H,1H3,(H,8,9,10)/t8-,9+,10+;/m1./s1. The lowest BCUT2D eigenvalue weighted by Crippen LogP contribution is -2.45. The molecule has 29 heavy (non-hydrogen) atoms. The van der Waals surface area contributed by atoms with E-state index in [1.807, 2.05) is 6.92 Å². The fraction of sp³-hybridized carbons (Fsp3) is 0.526. The maximum absolute atomic E-state index is 12.2. The predicted molar refractivity (Wildman–Crippen MR) is 103 cm³/mol. The van der Waals surface area contributed by atoms with Gasteiger partial charge < -0.3 is 15.3 Å². The molecule has 0 aromatic heterocycles. The van der Waals surface area contributed by atoms with E-state index in [0.29, 0.717) is 19.5 Å². The van der Waals surface area contributed by atoms with E-state index in [1.54, 1.807) is 17.0 Å². The molecule has 1 amide bonds. The Labute approximate surface area is 170 Å². The molecule has 2 aliphatic rings. The van der Waals surface area contributed by atoms with Gasteiger partial charge in [-0.15, -0.1) is 0 Å². The average molecular weight is 423 g/mol. The van der Waals surface area contributed by atoms with Crippen molar-refractivity contribution in [2.24, 2.45) is 5.92 Å². The molecule has 2 saturated heterocycles. The third kappa shape index (κ3) is 6.52. The van der Waals surface area contributed by atoms with Crippen LogP contribution in [-0.2, 0) is 19.7 Å². The molecule has 2 aliphatic heterocycles. The maximum Gasteiger partial charge on any atom is 0.303 e. The van der Waals surface area contributed by atoms with Crippen LogP contribution in [0.4, 0.5) is 0 Å². The van der Waals surface area contributed by atoms with E-state index in [1.165, 1.54) is 12.1 Å². The first kappa shape index (κ1) is 22.8. The van der Waals surface area contributed by atoms with Crippen LogP contribution in [0.3, 0.4) is 0 Å². The Morgan fingerprint density at radius 1 is 1.31 bits per heavy atom. The lowest BCUT2D eigenvalue weighted by molar-refractivity contribution is -0.138. The van der Waals surface area contributed by atoms with Crippen molar-refractivity contribution in [1.29, 1.82) is 5.26 Å². The van der Waals surface area contributed by atoms with Crippen LogP contribution in [-0.4, -0.2) is 60.0 Å². The van der Waals surface area contributed by atoms with Gasteiger partial charge in [0.25, 0.3) is 10.1 Å². The summed E-state index contributed by atoms with van der Waals surface area (Å²) in [4.78, 5) is 24.4. The van der Waals surface area contributed by atoms with Crippen LogP contribution in [0.25, 0.3) is 0 Å². The minimum absolute atomic E-state index is 0.0135. The van der Waals surface area contributed by atoms with Crippen molar-refractivity contribution >= 4 is 22.0 Å². The van der Waals surface area contributed by atoms with E-state index in [2.05, 4.69) is 11.4 Å². The van der Waals surface area contributed by atoms with Gasteiger partial charge in [0, 0.05) is 13.0 Å². The third-order valence-electron chi connectivity index (χ3n) is 4.99. The summed E-state index contributed by atoms with van der Waals surface area (Å²) in [6, 6.07) is 7.51. The average Bonchev–Trinajstić information content (AvgIpc) is 3.30. The highest BCUT2D eigenvalue weighted by Gasteiger charge is 2.37. The number of carbonyl (C=O) groups excluding carboxylic acids is 1. The number of amides is 1. The van der Waals surface area contributed by atoms with Crippen molar-refractivity contribution in [2.75, 3.05) is 13.1 Å². The summed E-state index contributed by atoms with van der Waals surface area (Å²) < 4.78 is 29.6. The number of carbonyl (C=O) groups is 2. The first-order chi connectivity index (χ1) is 13.6. The van der Waals surface area contributed by atoms with Crippen molar-refractivity contribution in [3.05, 3.63) is 29.8 Å². The number of nitrogens with one attached hydrogen (secondary N) is 1. The molecule has 0 saturated carbocycles. The fourth-order valence-corrected chi connectivity index (χ4v) is 3.95.